The highest BCUT2D eigenvalue weighted by molar-refractivity contribution is 5.83. The molecule has 0 bridgehead atoms. The van der Waals surface area contributed by atoms with Gasteiger partial charge in [-0.3, -0.25) is 4.99 Å². The summed E-state index contributed by atoms with van der Waals surface area (Å²) in [5.74, 6) is 1.52. The predicted octanol–water partition coefficient (Wildman–Crippen LogP) is 1.28. The topological polar surface area (TPSA) is 35.8 Å². The normalized spacial score (nSPS) is 23.7. The second-order valence-corrected chi connectivity index (χ2v) is 3.01. The van der Waals surface area contributed by atoms with Gasteiger partial charge in [-0.05, 0) is 19.8 Å². The zero-order valence-electron chi connectivity index (χ0n) is 6.67. The van der Waals surface area contributed by atoms with Gasteiger partial charge in [-0.15, -0.1) is 0 Å². The number of amidine groups is 1. The third kappa shape index (κ3) is 0.914. The molecule has 2 heterocycles. The summed E-state index contributed by atoms with van der Waals surface area (Å²) in [6.07, 6.45) is 2.16. The molecule has 1 N–H and O–H groups in total. The number of aliphatic hydroxyl groups is 1. The van der Waals surface area contributed by atoms with Crippen LogP contribution in [0.4, 0.5) is 0 Å². The highest BCUT2D eigenvalue weighted by atomic mass is 16.3. The maximum Gasteiger partial charge on any atom is 0.133 e. The van der Waals surface area contributed by atoms with Crippen molar-refractivity contribution in [2.24, 2.45) is 4.99 Å². The number of rotatable bonds is 0. The third-order valence-electron chi connectivity index (χ3n) is 2.30. The van der Waals surface area contributed by atoms with Gasteiger partial charge < -0.3 is 10.0 Å². The Labute approximate surface area is 66.0 Å². The molecule has 0 aromatic heterocycles. The van der Waals surface area contributed by atoms with Gasteiger partial charge in [-0.1, -0.05) is 0 Å². The van der Waals surface area contributed by atoms with E-state index in [1.807, 2.05) is 6.92 Å². The second-order valence-electron chi connectivity index (χ2n) is 3.01. The standard InChI is InChI=1S/C8H12N2O/c1-6-9-5-8(11)7-3-2-4-10(6)7/h11H,2-5H2,1H3. The molecule has 3 heteroatoms. The molecule has 2 aliphatic rings. The monoisotopic (exact) mass is 152 g/mol. The zero-order chi connectivity index (χ0) is 7.84. The van der Waals surface area contributed by atoms with Crippen molar-refractivity contribution in [3.8, 4) is 0 Å². The van der Waals surface area contributed by atoms with Gasteiger partial charge in [0.05, 0.1) is 12.2 Å². The van der Waals surface area contributed by atoms with E-state index in [-0.39, 0.29) is 0 Å². The molecule has 1 saturated heterocycles. The molecule has 2 aliphatic heterocycles. The number of aliphatic hydroxyl groups excluding tert-OH is 1. The molecule has 1 fully saturated rings. The van der Waals surface area contributed by atoms with Crippen LogP contribution in [0.25, 0.3) is 0 Å². The lowest BCUT2D eigenvalue weighted by atomic mass is 10.2. The summed E-state index contributed by atoms with van der Waals surface area (Å²) in [4.78, 5) is 6.30. The highest BCUT2D eigenvalue weighted by Gasteiger charge is 2.25. The average Bonchev–Trinajstić information content (AvgIpc) is 2.45. The Morgan fingerprint density at radius 3 is 3.09 bits per heavy atom. The van der Waals surface area contributed by atoms with E-state index in [2.05, 4.69) is 9.89 Å². The molecule has 0 aliphatic carbocycles. The second kappa shape index (κ2) is 2.26. The fourth-order valence-electron chi connectivity index (χ4n) is 1.70. The summed E-state index contributed by atoms with van der Waals surface area (Å²) in [5, 5.41) is 9.43. The molecule has 60 valence electrons. The SMILES string of the molecule is CC1=NCC(O)=C2CCCN12. The van der Waals surface area contributed by atoms with E-state index in [1.165, 1.54) is 0 Å². The van der Waals surface area contributed by atoms with Crippen LogP contribution in [0.2, 0.25) is 0 Å². The average molecular weight is 152 g/mol. The van der Waals surface area contributed by atoms with E-state index in [0.29, 0.717) is 12.3 Å². The van der Waals surface area contributed by atoms with Gasteiger partial charge in [0.1, 0.15) is 11.6 Å². The minimum Gasteiger partial charge on any atom is -0.509 e. The summed E-state index contributed by atoms with van der Waals surface area (Å²) < 4.78 is 0. The summed E-state index contributed by atoms with van der Waals surface area (Å²) in [5.41, 5.74) is 1.09. The maximum atomic E-state index is 9.43. The third-order valence-corrected chi connectivity index (χ3v) is 2.30. The van der Waals surface area contributed by atoms with Crippen molar-refractivity contribution in [2.75, 3.05) is 13.1 Å². The molecule has 0 unspecified atom stereocenters. The van der Waals surface area contributed by atoms with Gasteiger partial charge in [0.2, 0.25) is 0 Å². The number of aliphatic imine (C=N–C) groups is 1. The van der Waals surface area contributed by atoms with Crippen LogP contribution in [0, 0.1) is 0 Å². The molecule has 2 rings (SSSR count). The van der Waals surface area contributed by atoms with Gasteiger partial charge in [-0.2, -0.15) is 0 Å². The largest absolute Gasteiger partial charge is 0.509 e. The number of fused-ring (bicyclic) bond motifs is 1. The Hall–Kier alpha value is -0.990. The van der Waals surface area contributed by atoms with Gasteiger partial charge in [0, 0.05) is 6.54 Å². The van der Waals surface area contributed by atoms with Crippen LogP contribution in [-0.2, 0) is 0 Å². The number of hydrogen-bond donors (Lipinski definition) is 1. The molecule has 3 nitrogen and oxygen atoms in total. The number of nitrogens with zero attached hydrogens (tertiary/aromatic N) is 2. The van der Waals surface area contributed by atoms with Crippen molar-refractivity contribution in [1.82, 2.24) is 4.90 Å². The van der Waals surface area contributed by atoms with E-state index in [1.54, 1.807) is 0 Å². The smallest absolute Gasteiger partial charge is 0.133 e. The lowest BCUT2D eigenvalue weighted by molar-refractivity contribution is 0.368. The maximum absolute atomic E-state index is 9.43. The van der Waals surface area contributed by atoms with Crippen molar-refractivity contribution in [1.29, 1.82) is 0 Å². The molecule has 0 amide bonds. The van der Waals surface area contributed by atoms with Crippen molar-refractivity contribution >= 4 is 5.84 Å². The van der Waals surface area contributed by atoms with E-state index in [4.69, 9.17) is 0 Å². The van der Waals surface area contributed by atoms with E-state index in [0.717, 1.165) is 30.9 Å². The molecule has 11 heavy (non-hydrogen) atoms. The highest BCUT2D eigenvalue weighted by Crippen LogP contribution is 2.26. The summed E-state index contributed by atoms with van der Waals surface area (Å²) in [7, 11) is 0. The molecule has 0 radical (unpaired) electrons. The molecule has 0 saturated carbocycles. The van der Waals surface area contributed by atoms with Crippen molar-refractivity contribution in [3.05, 3.63) is 11.5 Å². The van der Waals surface area contributed by atoms with Crippen LogP contribution in [0.5, 0.6) is 0 Å². The summed E-state index contributed by atoms with van der Waals surface area (Å²) in [6, 6.07) is 0. The van der Waals surface area contributed by atoms with E-state index >= 15 is 0 Å². The Bertz CT molecular complexity index is 242. The van der Waals surface area contributed by atoms with Gasteiger partial charge in [0.15, 0.2) is 0 Å². The molecule has 0 aromatic carbocycles. The lowest BCUT2D eigenvalue weighted by Crippen LogP contribution is -2.28. The van der Waals surface area contributed by atoms with Crippen LogP contribution < -0.4 is 0 Å². The summed E-state index contributed by atoms with van der Waals surface area (Å²) >= 11 is 0. The Balaban J connectivity index is 2.33. The molecular formula is C8H12N2O. The van der Waals surface area contributed by atoms with Crippen LogP contribution in [0.3, 0.4) is 0 Å². The predicted molar refractivity (Wildman–Crippen MR) is 43.6 cm³/mol. The van der Waals surface area contributed by atoms with E-state index in [9.17, 15) is 5.11 Å². The molecule has 0 spiro atoms. The van der Waals surface area contributed by atoms with E-state index < -0.39 is 0 Å². The minimum absolute atomic E-state index is 0.466. The fraction of sp³-hybridized carbons (Fsp3) is 0.625. The van der Waals surface area contributed by atoms with Crippen molar-refractivity contribution in [2.45, 2.75) is 19.8 Å². The Morgan fingerprint density at radius 1 is 1.55 bits per heavy atom. The van der Waals surface area contributed by atoms with Crippen LogP contribution in [0.1, 0.15) is 19.8 Å². The molecule has 0 aromatic rings. The quantitative estimate of drug-likeness (QED) is 0.567. The van der Waals surface area contributed by atoms with Crippen LogP contribution >= 0.6 is 0 Å². The van der Waals surface area contributed by atoms with Crippen molar-refractivity contribution < 1.29 is 5.11 Å². The number of allylic oxidation sites excluding steroid dienone is 1. The minimum atomic E-state index is 0.466. The van der Waals surface area contributed by atoms with Crippen LogP contribution in [-0.4, -0.2) is 28.9 Å². The first kappa shape index (κ1) is 6.70. The van der Waals surface area contributed by atoms with Crippen molar-refractivity contribution in [3.63, 3.8) is 0 Å². The van der Waals surface area contributed by atoms with Crippen LogP contribution in [0.15, 0.2) is 16.4 Å². The fourth-order valence-corrected chi connectivity index (χ4v) is 1.70. The molecule has 0 atom stereocenters. The molecular weight excluding hydrogens is 140 g/mol. The Kier molecular flexibility index (Phi) is 1.37. The van der Waals surface area contributed by atoms with Gasteiger partial charge in [-0.25, -0.2) is 0 Å². The lowest BCUT2D eigenvalue weighted by Gasteiger charge is -2.23. The first-order valence-corrected chi connectivity index (χ1v) is 3.98. The first-order chi connectivity index (χ1) is 5.29. The number of hydrogen-bond acceptors (Lipinski definition) is 3. The Morgan fingerprint density at radius 2 is 2.36 bits per heavy atom. The first-order valence-electron chi connectivity index (χ1n) is 3.98. The summed E-state index contributed by atoms with van der Waals surface area (Å²) in [6.45, 7) is 3.50. The van der Waals surface area contributed by atoms with Gasteiger partial charge in [0.25, 0.3) is 0 Å². The van der Waals surface area contributed by atoms with Gasteiger partial charge >= 0.3 is 0 Å². The zero-order valence-corrected chi connectivity index (χ0v) is 6.67.